The first-order chi connectivity index (χ1) is 25.3. The number of aromatic nitrogens is 1. The number of benzene rings is 3. The topological polar surface area (TPSA) is 195 Å². The highest BCUT2D eigenvalue weighted by Gasteiger charge is 2.70. The molecular weight excluding hydrogens is 764 g/mol. The first-order valence-corrected chi connectivity index (χ1v) is 20.4. The van der Waals surface area contributed by atoms with Gasteiger partial charge in [-0.05, 0) is 97.8 Å². The average Bonchev–Trinajstić information content (AvgIpc) is 3.86. The maximum absolute atomic E-state index is 14.2. The molecule has 4 N–H and O–H groups in total. The van der Waals surface area contributed by atoms with Crippen molar-refractivity contribution in [3.05, 3.63) is 97.4 Å². The summed E-state index contributed by atoms with van der Waals surface area (Å²) in [6.07, 6.45) is 0.657. The first kappa shape index (κ1) is 35.5. The van der Waals surface area contributed by atoms with E-state index >= 15 is 0 Å². The van der Waals surface area contributed by atoms with Gasteiger partial charge < -0.3 is 19.8 Å². The van der Waals surface area contributed by atoms with Gasteiger partial charge in [0, 0.05) is 32.3 Å². The second-order valence-corrected chi connectivity index (χ2v) is 17.5. The Morgan fingerprint density at radius 2 is 1.70 bits per heavy atom. The second-order valence-electron chi connectivity index (χ2n) is 13.3. The molecule has 3 fully saturated rings. The summed E-state index contributed by atoms with van der Waals surface area (Å²) in [6, 6.07) is 16.7. The normalized spacial score (nSPS) is 25.5. The number of fused-ring (bicyclic) bond motifs is 9. The third-order valence-corrected chi connectivity index (χ3v) is 14.2. The third kappa shape index (κ3) is 6.15. The smallest absolute Gasteiger partial charge is 0.338 e. The second kappa shape index (κ2) is 13.4. The fourth-order valence-corrected chi connectivity index (χ4v) is 12.1. The molecule has 2 aliphatic carbocycles. The summed E-state index contributed by atoms with van der Waals surface area (Å²) in [6.45, 7) is 1.53. The number of hydrogen-bond donors (Lipinski definition) is 3. The lowest BCUT2D eigenvalue weighted by Crippen LogP contribution is -2.42. The van der Waals surface area contributed by atoms with Crippen molar-refractivity contribution in [3.63, 3.8) is 0 Å². The number of amides is 3. The number of nitrogens with one attached hydrogen (secondary N) is 2. The lowest BCUT2D eigenvalue weighted by molar-refractivity contribution is -0.123. The first-order valence-electron chi connectivity index (χ1n) is 16.7. The molecule has 3 amide bonds. The summed E-state index contributed by atoms with van der Waals surface area (Å²) in [4.78, 5) is 71.0. The summed E-state index contributed by atoms with van der Waals surface area (Å²) in [7, 11) is -3.90. The van der Waals surface area contributed by atoms with Crippen molar-refractivity contribution in [2.75, 3.05) is 23.4 Å². The van der Waals surface area contributed by atoms with Gasteiger partial charge in [0.05, 0.1) is 39.6 Å². The number of halogens is 1. The van der Waals surface area contributed by atoms with Crippen LogP contribution in [0.1, 0.15) is 40.1 Å². The van der Waals surface area contributed by atoms with Crippen molar-refractivity contribution >= 4 is 79.8 Å². The number of thioether (sulfide) groups is 1. The zero-order valence-corrected chi connectivity index (χ0v) is 31.0. The summed E-state index contributed by atoms with van der Waals surface area (Å²) >= 11 is 9.20. The number of nitrogens with zero attached hydrogens (tertiary/aromatic N) is 1. The Hall–Kier alpha value is -4.48. The van der Waals surface area contributed by atoms with Crippen molar-refractivity contribution in [3.8, 4) is 5.75 Å². The van der Waals surface area contributed by atoms with Gasteiger partial charge in [-0.15, -0.1) is 11.8 Å². The average molecular weight is 795 g/mol. The van der Waals surface area contributed by atoms with E-state index in [1.807, 2.05) is 0 Å². The van der Waals surface area contributed by atoms with Crippen LogP contribution in [0.2, 0.25) is 5.02 Å². The predicted octanol–water partition coefficient (Wildman–Crippen LogP) is 4.61. The van der Waals surface area contributed by atoms with E-state index in [1.165, 1.54) is 40.9 Å². The number of esters is 1. The van der Waals surface area contributed by atoms with Crippen LogP contribution in [-0.2, 0) is 29.1 Å². The third-order valence-electron chi connectivity index (χ3n) is 10.5. The number of thiazole rings is 1. The Labute approximate surface area is 316 Å². The van der Waals surface area contributed by atoms with Crippen LogP contribution in [0.15, 0.2) is 81.4 Å². The van der Waals surface area contributed by atoms with Crippen molar-refractivity contribution in [2.24, 2.45) is 34.7 Å². The number of anilines is 2. The number of carbonyl (C=O) groups is 4. The standard InChI is InChI=1S/C36H31ClN4O9S3/c1-2-49-35(45)16-3-8-19(9-4-16)41-33(43)28-22-14-23(29(28)34(41)44)30-27(22)26(31-32(51-30)40-36(46)52-31)21-13-17(37)5-12-24(21)50-15-25(42)39-18-6-10-20(11-7-18)53(38,47)48/h3-13,22-23,26-30H,2,14-15H2,1H3,(H,39,42)(H,40,46)(H2,38,47,48)/t22-,23-,26+,27-,28+,29+,30-/m1/s1. The molecule has 8 rings (SSSR count). The zero-order chi connectivity index (χ0) is 37.3. The molecule has 2 bridgehead atoms. The molecule has 2 aliphatic heterocycles. The van der Waals surface area contributed by atoms with Gasteiger partial charge in [0.25, 0.3) is 5.91 Å². The summed E-state index contributed by atoms with van der Waals surface area (Å²) in [5.74, 6) is -3.24. The van der Waals surface area contributed by atoms with E-state index in [1.54, 1.807) is 49.4 Å². The van der Waals surface area contributed by atoms with Gasteiger partial charge >= 0.3 is 10.8 Å². The largest absolute Gasteiger partial charge is 0.483 e. The lowest BCUT2D eigenvalue weighted by Gasteiger charge is -2.43. The van der Waals surface area contributed by atoms with E-state index < -0.39 is 46.3 Å². The quantitative estimate of drug-likeness (QED) is 0.159. The monoisotopic (exact) mass is 794 g/mol. The molecule has 13 nitrogen and oxygen atoms in total. The molecule has 0 spiro atoms. The van der Waals surface area contributed by atoms with Crippen LogP contribution in [0.5, 0.6) is 5.75 Å². The highest BCUT2D eigenvalue weighted by molar-refractivity contribution is 8.00. The summed E-state index contributed by atoms with van der Waals surface area (Å²) in [5, 5.41) is 8.85. The Morgan fingerprint density at radius 1 is 1.00 bits per heavy atom. The van der Waals surface area contributed by atoms with Crippen LogP contribution < -0.4 is 25.0 Å². The van der Waals surface area contributed by atoms with Gasteiger partial charge in [-0.1, -0.05) is 22.9 Å². The molecule has 2 saturated carbocycles. The Kier molecular flexibility index (Phi) is 9.00. The van der Waals surface area contributed by atoms with Gasteiger partial charge in [0.2, 0.25) is 21.8 Å². The molecule has 3 heterocycles. The molecular formula is C36H31ClN4O9S3. The molecule has 274 valence electrons. The molecule has 7 atom stereocenters. The van der Waals surface area contributed by atoms with Crippen LogP contribution in [0.25, 0.3) is 0 Å². The molecule has 53 heavy (non-hydrogen) atoms. The van der Waals surface area contributed by atoms with Crippen molar-refractivity contribution in [1.82, 2.24) is 4.98 Å². The van der Waals surface area contributed by atoms with Crippen molar-refractivity contribution in [2.45, 2.75) is 34.4 Å². The maximum Gasteiger partial charge on any atom is 0.338 e. The van der Waals surface area contributed by atoms with E-state index in [9.17, 15) is 32.4 Å². The van der Waals surface area contributed by atoms with E-state index in [0.717, 1.165) is 16.2 Å². The molecule has 4 aliphatic rings. The van der Waals surface area contributed by atoms with E-state index in [0.29, 0.717) is 44.7 Å². The van der Waals surface area contributed by atoms with Crippen molar-refractivity contribution < 1.29 is 37.1 Å². The number of imide groups is 1. The molecule has 1 aromatic heterocycles. The Balaban J connectivity index is 1.08. The number of ether oxygens (including phenoxy) is 2. The fourth-order valence-electron chi connectivity index (χ4n) is 8.54. The Morgan fingerprint density at radius 3 is 2.38 bits per heavy atom. The number of sulfonamides is 1. The minimum absolute atomic E-state index is 0.0964. The van der Waals surface area contributed by atoms with Crippen molar-refractivity contribution in [1.29, 1.82) is 0 Å². The fraction of sp³-hybridized carbons (Fsp3) is 0.306. The summed E-state index contributed by atoms with van der Waals surface area (Å²) < 4.78 is 34.4. The number of nitrogens with two attached hydrogens (primary N) is 1. The molecule has 0 unspecified atom stereocenters. The molecule has 0 radical (unpaired) electrons. The van der Waals surface area contributed by atoms with Gasteiger partial charge in [-0.25, -0.2) is 18.4 Å². The lowest BCUT2D eigenvalue weighted by atomic mass is 9.68. The molecule has 17 heteroatoms. The predicted molar refractivity (Wildman–Crippen MR) is 197 cm³/mol. The summed E-state index contributed by atoms with van der Waals surface area (Å²) in [5.41, 5.74) is 1.70. The van der Waals surface area contributed by atoms with Crippen LogP contribution in [-0.4, -0.2) is 55.6 Å². The molecule has 3 aromatic carbocycles. The minimum Gasteiger partial charge on any atom is -0.483 e. The zero-order valence-electron chi connectivity index (χ0n) is 27.8. The highest BCUT2D eigenvalue weighted by atomic mass is 35.5. The van der Waals surface area contributed by atoms with Crippen LogP contribution in [0.3, 0.4) is 0 Å². The minimum atomic E-state index is -3.90. The van der Waals surface area contributed by atoms with E-state index in [4.69, 9.17) is 26.2 Å². The number of rotatable bonds is 9. The van der Waals surface area contributed by atoms with Gasteiger partial charge in [0.15, 0.2) is 6.61 Å². The molecule has 4 aromatic rings. The number of hydrogen-bond acceptors (Lipinski definition) is 11. The van der Waals surface area contributed by atoms with Crippen LogP contribution in [0, 0.1) is 29.6 Å². The van der Waals surface area contributed by atoms with Gasteiger partial charge in [-0.3, -0.25) is 24.1 Å². The van der Waals surface area contributed by atoms with E-state index in [-0.39, 0.29) is 51.2 Å². The van der Waals surface area contributed by atoms with Crippen LogP contribution >= 0.6 is 34.7 Å². The highest BCUT2D eigenvalue weighted by Crippen LogP contribution is 2.69. The molecule has 1 saturated heterocycles. The van der Waals surface area contributed by atoms with Gasteiger partial charge in [0.1, 0.15) is 5.75 Å². The number of primary sulfonamides is 1. The SMILES string of the molecule is CCOC(=O)c1ccc(N2C(=O)[C@H]3[C@H]4C[C@@H]([C@@H]3C2=O)[C@@H]2[C@H](c3cc(Cl)ccc3OCC(=O)Nc3ccc(S(N)(=O)=O)cc3)c3sc(=O)[nH]c3S[C@H]42)cc1. The number of H-pyrrole nitrogens is 1. The van der Waals surface area contributed by atoms with E-state index in [2.05, 4.69) is 10.3 Å². The van der Waals surface area contributed by atoms with Crippen LogP contribution in [0.4, 0.5) is 11.4 Å². The Bertz CT molecular complexity index is 2350. The van der Waals surface area contributed by atoms with Gasteiger partial charge in [-0.2, -0.15) is 0 Å². The maximum atomic E-state index is 14.2. The number of carbonyl (C=O) groups excluding carboxylic acids is 4. The number of aromatic amines is 1.